The Bertz CT molecular complexity index is 493. The molecule has 0 aromatic rings. The molecule has 3 unspecified atom stereocenters. The summed E-state index contributed by atoms with van der Waals surface area (Å²) < 4.78 is 27.7. The maximum Gasteiger partial charge on any atom is 0.241 e. The van der Waals surface area contributed by atoms with Gasteiger partial charge in [-0.25, -0.2) is 8.42 Å². The molecule has 0 radical (unpaired) electrons. The van der Waals surface area contributed by atoms with E-state index in [1.165, 1.54) is 0 Å². The Morgan fingerprint density at radius 2 is 1.84 bits per heavy atom. The highest BCUT2D eigenvalue weighted by molar-refractivity contribution is 7.93. The van der Waals surface area contributed by atoms with Crippen LogP contribution < -0.4 is 5.32 Å². The average Bonchev–Trinajstić information content (AvgIpc) is 3.05. The molecule has 0 bridgehead atoms. The summed E-state index contributed by atoms with van der Waals surface area (Å²) in [7, 11) is -1.67. The van der Waals surface area contributed by atoms with Gasteiger partial charge in [0.2, 0.25) is 5.91 Å². The van der Waals surface area contributed by atoms with E-state index < -0.39 is 14.6 Å². The van der Waals surface area contributed by atoms with Crippen LogP contribution in [0.25, 0.3) is 0 Å². The van der Waals surface area contributed by atoms with Gasteiger partial charge in [0.1, 0.15) is 0 Å². The zero-order valence-corrected chi connectivity index (χ0v) is 13.0. The molecule has 0 aliphatic heterocycles. The van der Waals surface area contributed by atoms with Crippen LogP contribution in [-0.4, -0.2) is 44.6 Å². The molecule has 6 heteroatoms. The highest BCUT2D eigenvalue weighted by Gasteiger charge is 2.62. The minimum absolute atomic E-state index is 0.0378. The summed E-state index contributed by atoms with van der Waals surface area (Å²) in [5.41, 5.74) is -0.169. The summed E-state index contributed by atoms with van der Waals surface area (Å²) in [5.74, 6) is -0.145. The van der Waals surface area contributed by atoms with Gasteiger partial charge in [0.25, 0.3) is 0 Å². The average molecular weight is 289 g/mol. The lowest BCUT2D eigenvalue weighted by Crippen LogP contribution is -2.69. The molecule has 3 atom stereocenters. The number of sulfone groups is 1. The van der Waals surface area contributed by atoms with E-state index in [9.17, 15) is 13.2 Å². The summed E-state index contributed by atoms with van der Waals surface area (Å²) in [5, 5.41) is 2.93. The fourth-order valence-corrected chi connectivity index (χ4v) is 4.82. The van der Waals surface area contributed by atoms with Crippen LogP contribution >= 0.6 is 0 Å². The Morgan fingerprint density at radius 1 is 1.32 bits per heavy atom. The predicted octanol–water partition coefficient (Wildman–Crippen LogP) is 0.739. The first-order chi connectivity index (χ1) is 8.58. The van der Waals surface area contributed by atoms with Crippen LogP contribution in [0.5, 0.6) is 0 Å². The first-order valence-electron chi connectivity index (χ1n) is 6.61. The van der Waals surface area contributed by atoms with Gasteiger partial charge in [-0.2, -0.15) is 0 Å². The zero-order chi connectivity index (χ0) is 14.6. The maximum atomic E-state index is 12.3. The molecule has 2 rings (SSSR count). The van der Waals surface area contributed by atoms with E-state index in [1.54, 1.807) is 7.11 Å². The van der Waals surface area contributed by atoms with E-state index in [2.05, 4.69) is 5.32 Å². The second-order valence-corrected chi connectivity index (χ2v) is 8.88. The largest absolute Gasteiger partial charge is 0.380 e. The minimum atomic E-state index is -3.34. The van der Waals surface area contributed by atoms with Crippen molar-refractivity contribution in [1.82, 2.24) is 5.32 Å². The number of amides is 1. The highest BCUT2D eigenvalue weighted by Crippen LogP contribution is 2.49. The van der Waals surface area contributed by atoms with Crippen molar-refractivity contribution in [2.75, 3.05) is 13.4 Å². The van der Waals surface area contributed by atoms with Crippen molar-refractivity contribution < 1.29 is 17.9 Å². The lowest BCUT2D eigenvalue weighted by Gasteiger charge is -2.56. The summed E-state index contributed by atoms with van der Waals surface area (Å²) in [6.07, 6.45) is 2.11. The number of hydrogen-bond donors (Lipinski definition) is 1. The number of hydrogen-bond acceptors (Lipinski definition) is 4. The van der Waals surface area contributed by atoms with Gasteiger partial charge >= 0.3 is 0 Å². The monoisotopic (exact) mass is 289 g/mol. The first-order valence-corrected chi connectivity index (χ1v) is 8.50. The van der Waals surface area contributed by atoms with Crippen LogP contribution in [-0.2, 0) is 19.4 Å². The van der Waals surface area contributed by atoms with Gasteiger partial charge in [0, 0.05) is 30.7 Å². The van der Waals surface area contributed by atoms with Crippen molar-refractivity contribution in [3.05, 3.63) is 0 Å². The molecule has 2 fully saturated rings. The van der Waals surface area contributed by atoms with E-state index in [1.807, 2.05) is 20.8 Å². The fraction of sp³-hybridized carbons (Fsp3) is 0.923. The van der Waals surface area contributed by atoms with Crippen LogP contribution in [0.15, 0.2) is 0 Å². The third-order valence-electron chi connectivity index (χ3n) is 4.91. The van der Waals surface area contributed by atoms with Crippen molar-refractivity contribution in [1.29, 1.82) is 0 Å². The number of ether oxygens (including phenoxy) is 1. The van der Waals surface area contributed by atoms with Crippen molar-refractivity contribution in [3.63, 3.8) is 0 Å². The van der Waals surface area contributed by atoms with Crippen molar-refractivity contribution in [3.8, 4) is 0 Å². The number of methoxy groups -OCH3 is 1. The van der Waals surface area contributed by atoms with E-state index in [0.717, 1.165) is 6.26 Å². The van der Waals surface area contributed by atoms with E-state index in [-0.39, 0.29) is 29.4 Å². The number of nitrogens with one attached hydrogen (secondary N) is 1. The Kier molecular flexibility index (Phi) is 3.26. The SMILES string of the molecule is COC1C(C)C(NC(=O)C2(S(C)(=O)=O)CC2)C1(C)C. The number of carbonyl (C=O) groups is 1. The zero-order valence-electron chi connectivity index (χ0n) is 12.2. The van der Waals surface area contributed by atoms with E-state index in [4.69, 9.17) is 4.74 Å². The smallest absolute Gasteiger partial charge is 0.241 e. The van der Waals surface area contributed by atoms with Gasteiger partial charge in [-0.05, 0) is 12.8 Å². The fourth-order valence-electron chi connectivity index (χ4n) is 3.58. The third kappa shape index (κ3) is 2.00. The molecule has 0 saturated heterocycles. The Hall–Kier alpha value is -0.620. The van der Waals surface area contributed by atoms with Crippen molar-refractivity contribution >= 4 is 15.7 Å². The molecule has 0 aromatic heterocycles. The predicted molar refractivity (Wildman–Crippen MR) is 72.5 cm³/mol. The molecule has 1 amide bonds. The minimum Gasteiger partial charge on any atom is -0.380 e. The Balaban J connectivity index is 2.10. The molecule has 0 spiro atoms. The van der Waals surface area contributed by atoms with Crippen LogP contribution in [0.4, 0.5) is 0 Å². The van der Waals surface area contributed by atoms with Gasteiger partial charge in [0.05, 0.1) is 6.10 Å². The van der Waals surface area contributed by atoms with Crippen LogP contribution in [0.2, 0.25) is 0 Å². The molecule has 2 aliphatic carbocycles. The number of carbonyl (C=O) groups excluding carboxylic acids is 1. The highest BCUT2D eigenvalue weighted by atomic mass is 32.2. The Morgan fingerprint density at radius 3 is 2.16 bits per heavy atom. The van der Waals surface area contributed by atoms with Crippen LogP contribution in [0.3, 0.4) is 0 Å². The van der Waals surface area contributed by atoms with Gasteiger partial charge in [-0.3, -0.25) is 4.79 Å². The summed E-state index contributed by atoms with van der Waals surface area (Å²) in [6.45, 7) is 6.09. The van der Waals surface area contributed by atoms with Gasteiger partial charge in [0.15, 0.2) is 14.6 Å². The second-order valence-electron chi connectivity index (χ2n) is 6.55. The molecule has 19 heavy (non-hydrogen) atoms. The molecular weight excluding hydrogens is 266 g/mol. The van der Waals surface area contributed by atoms with Gasteiger partial charge in [-0.15, -0.1) is 0 Å². The molecule has 0 heterocycles. The molecule has 0 aromatic carbocycles. The maximum absolute atomic E-state index is 12.3. The first kappa shape index (κ1) is 14.8. The number of rotatable bonds is 4. The normalized spacial score (nSPS) is 35.3. The van der Waals surface area contributed by atoms with Crippen molar-refractivity contribution in [2.45, 2.75) is 50.5 Å². The third-order valence-corrected chi connectivity index (χ3v) is 6.92. The molecule has 1 N–H and O–H groups in total. The van der Waals surface area contributed by atoms with Crippen molar-refractivity contribution in [2.24, 2.45) is 11.3 Å². The standard InChI is InChI=1S/C13H23NO4S/c1-8-9(12(2,3)10(8)18-4)14-11(15)13(6-7-13)19(5,16)17/h8-10H,6-7H2,1-5H3,(H,14,15). The van der Waals surface area contributed by atoms with Crippen LogP contribution in [0, 0.1) is 11.3 Å². The topological polar surface area (TPSA) is 72.5 Å². The molecule has 2 aliphatic rings. The lowest BCUT2D eigenvalue weighted by molar-refractivity contribution is -0.154. The summed E-state index contributed by atoms with van der Waals surface area (Å²) >= 11 is 0. The van der Waals surface area contributed by atoms with Gasteiger partial charge < -0.3 is 10.1 Å². The molecular formula is C13H23NO4S. The van der Waals surface area contributed by atoms with Gasteiger partial charge in [-0.1, -0.05) is 20.8 Å². The summed E-state index contributed by atoms with van der Waals surface area (Å²) in [4.78, 5) is 12.3. The Labute approximate surface area is 115 Å². The second kappa shape index (κ2) is 4.19. The van der Waals surface area contributed by atoms with E-state index in [0.29, 0.717) is 12.8 Å². The molecule has 2 saturated carbocycles. The molecule has 5 nitrogen and oxygen atoms in total. The van der Waals surface area contributed by atoms with Crippen LogP contribution in [0.1, 0.15) is 33.6 Å². The lowest BCUT2D eigenvalue weighted by atomic mass is 9.58. The summed E-state index contributed by atoms with van der Waals surface area (Å²) in [6, 6.07) is -0.0378. The molecule has 110 valence electrons. The van der Waals surface area contributed by atoms with E-state index >= 15 is 0 Å². The quantitative estimate of drug-likeness (QED) is 0.828.